The van der Waals surface area contributed by atoms with Gasteiger partial charge in [0.25, 0.3) is 5.69 Å². The minimum Gasteiger partial charge on any atom is -0.493 e. The highest BCUT2D eigenvalue weighted by molar-refractivity contribution is 7.99. The summed E-state index contributed by atoms with van der Waals surface area (Å²) in [6.45, 7) is 5.07. The normalized spacial score (nSPS) is 22.6. The molecule has 13 heteroatoms. The molecule has 1 amide bonds. The molecule has 1 saturated carbocycles. The van der Waals surface area contributed by atoms with Gasteiger partial charge in [0.15, 0.2) is 0 Å². The van der Waals surface area contributed by atoms with Gasteiger partial charge in [0.1, 0.15) is 24.1 Å². The zero-order chi connectivity index (χ0) is 45.6. The third-order valence-corrected chi connectivity index (χ3v) is 13.6. The molecule has 342 valence electrons. The van der Waals surface area contributed by atoms with Crippen molar-refractivity contribution in [1.29, 1.82) is 0 Å². The van der Waals surface area contributed by atoms with Gasteiger partial charge in [-0.15, -0.1) is 18.3 Å². The van der Waals surface area contributed by atoms with Gasteiger partial charge >= 0.3 is 0 Å². The standard InChI is InChI=1S/C52H59N3O9S/c1-3-30-62-52-48(54(2)49(58)27-22-37-20-23-40(24-21-37)55(59)60)35-46(53-63-36-38-14-6-4-7-15-38)44-33-39(16-10-12-28-56)43(19-11-13-29-57)50(51(44)52)45-34-41(25-26-47(45)64-52)61-31-32-65-42-17-8-5-9-18-42/h3-9,14-15,17-18,20-27,33-34,39,43,48,50-51,56-57H,1,10-13,16,19,28-32,35-36H2,2H3/t39-,43+,48-,50+,51+,52+/m0/s1. The number of nitro benzene ring substituents is 1. The molecule has 3 aliphatic rings. The summed E-state index contributed by atoms with van der Waals surface area (Å²) in [5.41, 5.74) is 4.16. The van der Waals surface area contributed by atoms with Crippen molar-refractivity contribution in [3.8, 4) is 11.5 Å². The second-order valence-electron chi connectivity index (χ2n) is 16.7. The number of fused-ring (bicyclic) bond motifs is 2. The van der Waals surface area contributed by atoms with Crippen LogP contribution in [0.5, 0.6) is 11.5 Å². The Kier molecular flexibility index (Phi) is 16.7. The van der Waals surface area contributed by atoms with Crippen LogP contribution < -0.4 is 9.47 Å². The number of ether oxygens (including phenoxy) is 3. The minimum atomic E-state index is -1.41. The maximum atomic E-state index is 14.4. The van der Waals surface area contributed by atoms with Crippen molar-refractivity contribution in [3.05, 3.63) is 160 Å². The minimum absolute atomic E-state index is 0.0397. The second kappa shape index (κ2) is 22.9. The van der Waals surface area contributed by atoms with E-state index < -0.39 is 22.7 Å². The van der Waals surface area contributed by atoms with Crippen LogP contribution in [-0.4, -0.2) is 82.7 Å². The summed E-state index contributed by atoms with van der Waals surface area (Å²) < 4.78 is 20.8. The number of allylic oxidation sites excluding steroid dienone is 1. The number of amides is 1. The van der Waals surface area contributed by atoms with Crippen molar-refractivity contribution in [2.75, 3.05) is 39.2 Å². The third-order valence-electron chi connectivity index (χ3n) is 12.6. The summed E-state index contributed by atoms with van der Waals surface area (Å²) in [7, 11) is 1.74. The number of likely N-dealkylation sites (N-methyl/N-ethyl adjacent to an activating group) is 1. The van der Waals surface area contributed by atoms with E-state index in [-0.39, 0.29) is 62.2 Å². The molecule has 4 aromatic carbocycles. The van der Waals surface area contributed by atoms with E-state index in [0.29, 0.717) is 36.5 Å². The monoisotopic (exact) mass is 901 g/mol. The average molecular weight is 902 g/mol. The number of nitro groups is 1. The summed E-state index contributed by atoms with van der Waals surface area (Å²) in [5, 5.41) is 36.1. The molecule has 1 aliphatic heterocycles. The van der Waals surface area contributed by atoms with Gasteiger partial charge in [-0.3, -0.25) is 14.9 Å². The number of thioether (sulfide) groups is 1. The van der Waals surface area contributed by atoms with Crippen LogP contribution in [-0.2, 0) is 21.0 Å². The van der Waals surface area contributed by atoms with Gasteiger partial charge < -0.3 is 34.2 Å². The number of hydrogen-bond acceptors (Lipinski definition) is 11. The molecule has 1 fully saturated rings. The maximum Gasteiger partial charge on any atom is 0.269 e. The van der Waals surface area contributed by atoms with Gasteiger partial charge in [0, 0.05) is 67.0 Å². The Hall–Kier alpha value is -5.73. The van der Waals surface area contributed by atoms with E-state index in [4.69, 9.17) is 24.2 Å². The van der Waals surface area contributed by atoms with Gasteiger partial charge in [0.2, 0.25) is 11.7 Å². The molecule has 6 atom stereocenters. The van der Waals surface area contributed by atoms with Crippen LogP contribution >= 0.6 is 11.8 Å². The van der Waals surface area contributed by atoms with E-state index in [0.717, 1.165) is 53.9 Å². The Morgan fingerprint density at radius 2 is 1.71 bits per heavy atom. The number of rotatable bonds is 23. The lowest BCUT2D eigenvalue weighted by atomic mass is 9.55. The summed E-state index contributed by atoms with van der Waals surface area (Å²) in [6, 6.07) is 31.4. The van der Waals surface area contributed by atoms with Crippen molar-refractivity contribution >= 4 is 35.1 Å². The SMILES string of the molecule is C=CCO[C@@]12Oc3ccc(OCCSc4ccccc4)cc3[C@H]3[C@H](CCCCO)[C@@H](CCCCO)C=C(C(=NOCc4ccccc4)C[C@@H]1N(C)C(=O)C=Cc1ccc([N+](=O)[O-])cc1)[C@H]32. The molecule has 0 radical (unpaired) electrons. The first-order valence-electron chi connectivity index (χ1n) is 22.5. The molecule has 2 aliphatic carbocycles. The van der Waals surface area contributed by atoms with Gasteiger partial charge in [-0.1, -0.05) is 78.7 Å². The van der Waals surface area contributed by atoms with E-state index in [2.05, 4.69) is 30.9 Å². The highest BCUT2D eigenvalue weighted by Gasteiger charge is 2.65. The lowest BCUT2D eigenvalue weighted by Crippen LogP contribution is -2.69. The van der Waals surface area contributed by atoms with Crippen molar-refractivity contribution in [1.82, 2.24) is 4.90 Å². The van der Waals surface area contributed by atoms with Crippen molar-refractivity contribution in [2.45, 2.75) is 74.2 Å². The highest BCUT2D eigenvalue weighted by Crippen LogP contribution is 2.62. The first-order chi connectivity index (χ1) is 31.8. The van der Waals surface area contributed by atoms with Crippen LogP contribution in [0.4, 0.5) is 5.69 Å². The molecule has 0 spiro atoms. The summed E-state index contributed by atoms with van der Waals surface area (Å²) in [4.78, 5) is 34.3. The Bertz CT molecular complexity index is 2310. The Labute approximate surface area is 385 Å². The molecule has 0 saturated heterocycles. The van der Waals surface area contributed by atoms with Gasteiger partial charge in [-0.25, -0.2) is 0 Å². The number of aliphatic hydroxyl groups is 2. The molecular formula is C52H59N3O9S. The van der Waals surface area contributed by atoms with Gasteiger partial charge in [0.05, 0.1) is 29.8 Å². The smallest absolute Gasteiger partial charge is 0.269 e. The van der Waals surface area contributed by atoms with Gasteiger partial charge in [-0.2, -0.15) is 0 Å². The molecule has 0 unspecified atom stereocenters. The van der Waals surface area contributed by atoms with Crippen LogP contribution in [0, 0.1) is 27.9 Å². The third kappa shape index (κ3) is 11.4. The number of aliphatic hydroxyl groups excluding tert-OH is 2. The molecule has 7 rings (SSSR count). The van der Waals surface area contributed by atoms with Crippen LogP contribution in [0.15, 0.2) is 144 Å². The van der Waals surface area contributed by atoms with E-state index >= 15 is 0 Å². The van der Waals surface area contributed by atoms with E-state index in [1.54, 1.807) is 48.0 Å². The Morgan fingerprint density at radius 1 is 0.985 bits per heavy atom. The maximum absolute atomic E-state index is 14.4. The molecular weight excluding hydrogens is 843 g/mol. The van der Waals surface area contributed by atoms with Gasteiger partial charge in [-0.05, 0) is 103 Å². The molecule has 0 aromatic heterocycles. The fraction of sp³-hybridized carbons (Fsp3) is 0.385. The largest absolute Gasteiger partial charge is 0.493 e. The number of carbonyl (C=O) groups is 1. The molecule has 4 aromatic rings. The topological polar surface area (TPSA) is 153 Å². The summed E-state index contributed by atoms with van der Waals surface area (Å²) >= 11 is 1.73. The Balaban J connectivity index is 1.33. The number of nitrogens with zero attached hydrogens (tertiary/aromatic N) is 3. The second-order valence-corrected chi connectivity index (χ2v) is 17.8. The average Bonchev–Trinajstić information content (AvgIpc) is 3.33. The van der Waals surface area contributed by atoms with Crippen LogP contribution in [0.25, 0.3) is 6.08 Å². The zero-order valence-corrected chi connectivity index (χ0v) is 37.7. The fourth-order valence-electron chi connectivity index (χ4n) is 9.56. The predicted octanol–water partition coefficient (Wildman–Crippen LogP) is 9.77. The van der Waals surface area contributed by atoms with Crippen LogP contribution in [0.1, 0.15) is 67.6 Å². The summed E-state index contributed by atoms with van der Waals surface area (Å²) in [5.74, 6) is -0.171. The molecule has 0 bridgehead atoms. The number of unbranched alkanes of at least 4 members (excludes halogenated alkanes) is 2. The molecule has 2 N–H and O–H groups in total. The molecule has 1 heterocycles. The first-order valence-corrected chi connectivity index (χ1v) is 23.5. The fourth-order valence-corrected chi connectivity index (χ4v) is 10.3. The lowest BCUT2D eigenvalue weighted by molar-refractivity contribution is -0.384. The number of carbonyl (C=O) groups excluding carboxylic acids is 1. The highest BCUT2D eigenvalue weighted by atomic mass is 32.2. The van der Waals surface area contributed by atoms with Crippen LogP contribution in [0.2, 0.25) is 0 Å². The number of non-ortho nitro benzene ring substituents is 1. The number of hydrogen-bond donors (Lipinski definition) is 2. The van der Waals surface area contributed by atoms with E-state index in [1.165, 1.54) is 23.1 Å². The number of oxime groups is 1. The first kappa shape index (κ1) is 47.2. The predicted molar refractivity (Wildman–Crippen MR) is 254 cm³/mol. The Morgan fingerprint density at radius 3 is 2.42 bits per heavy atom. The summed E-state index contributed by atoms with van der Waals surface area (Å²) in [6.07, 6.45) is 11.9. The van der Waals surface area contributed by atoms with E-state index in [1.807, 2.05) is 60.7 Å². The van der Waals surface area contributed by atoms with E-state index in [9.17, 15) is 25.1 Å². The van der Waals surface area contributed by atoms with Crippen molar-refractivity contribution in [3.63, 3.8) is 0 Å². The number of benzene rings is 4. The van der Waals surface area contributed by atoms with Crippen molar-refractivity contribution in [2.24, 2.45) is 22.9 Å². The van der Waals surface area contributed by atoms with Crippen LogP contribution in [0.3, 0.4) is 0 Å². The molecule has 12 nitrogen and oxygen atoms in total. The van der Waals surface area contributed by atoms with Crippen molar-refractivity contribution < 1.29 is 39.0 Å². The lowest BCUT2D eigenvalue weighted by Gasteiger charge is -2.59. The quantitative estimate of drug-likeness (QED) is 0.0184. The molecule has 65 heavy (non-hydrogen) atoms. The zero-order valence-electron chi connectivity index (χ0n) is 36.9.